The Hall–Kier alpha value is -2.43. The van der Waals surface area contributed by atoms with E-state index in [2.05, 4.69) is 5.10 Å². The Morgan fingerprint density at radius 3 is 2.50 bits per heavy atom. The summed E-state index contributed by atoms with van der Waals surface area (Å²) in [4.78, 5) is 10.1. The number of rotatable bonds is 3. The van der Waals surface area contributed by atoms with Crippen LogP contribution in [0.25, 0.3) is 11.8 Å². The topological polar surface area (TPSA) is 61.0 Å². The van der Waals surface area contributed by atoms with Crippen LogP contribution in [-0.2, 0) is 0 Å². The molecule has 1 aromatic carbocycles. The van der Waals surface area contributed by atoms with E-state index in [1.807, 2.05) is 32.2 Å². The van der Waals surface area contributed by atoms with Crippen molar-refractivity contribution in [2.45, 2.75) is 13.8 Å². The van der Waals surface area contributed by atoms with Crippen molar-refractivity contribution in [1.82, 2.24) is 9.78 Å². The average molecular weight is 243 g/mol. The minimum absolute atomic E-state index is 0.0791. The van der Waals surface area contributed by atoms with Gasteiger partial charge in [0.2, 0.25) is 0 Å². The van der Waals surface area contributed by atoms with Crippen LogP contribution in [0.3, 0.4) is 0 Å². The monoisotopic (exact) mass is 243 g/mol. The zero-order valence-electron chi connectivity index (χ0n) is 10.2. The third kappa shape index (κ3) is 2.63. The Morgan fingerprint density at radius 1 is 1.28 bits per heavy atom. The molecule has 0 radical (unpaired) electrons. The number of hydrogen-bond acceptors (Lipinski definition) is 3. The molecule has 0 atom stereocenters. The molecule has 18 heavy (non-hydrogen) atoms. The Bertz CT molecular complexity index is 593. The maximum atomic E-state index is 10.5. The molecule has 0 aliphatic rings. The van der Waals surface area contributed by atoms with Gasteiger partial charge in [0.25, 0.3) is 5.69 Å². The number of allylic oxidation sites excluding steroid dienone is 1. The lowest BCUT2D eigenvalue weighted by Gasteiger charge is -2.00. The van der Waals surface area contributed by atoms with Crippen LogP contribution >= 0.6 is 0 Å². The molecule has 0 spiro atoms. The van der Waals surface area contributed by atoms with Gasteiger partial charge in [0, 0.05) is 18.3 Å². The second-order valence-corrected chi connectivity index (χ2v) is 4.18. The van der Waals surface area contributed by atoms with Crippen LogP contribution < -0.4 is 0 Å². The average Bonchev–Trinajstić information content (AvgIpc) is 2.76. The summed E-state index contributed by atoms with van der Waals surface area (Å²) in [5.41, 5.74) is 2.92. The molecular formula is C13H13N3O2. The number of nitrogens with zero attached hydrogens (tertiary/aromatic N) is 3. The number of nitro benzene ring substituents is 1. The standard InChI is InChI=1S/C13H13N3O2/c1-10(2)9-11-7-8-15(14-11)12-3-5-13(6-4-12)16(17)18/h3-9H,1-2H3. The maximum Gasteiger partial charge on any atom is 0.269 e. The molecule has 0 amide bonds. The van der Waals surface area contributed by atoms with Crippen molar-refractivity contribution in [1.29, 1.82) is 0 Å². The minimum Gasteiger partial charge on any atom is -0.258 e. The Labute approximate surface area is 105 Å². The molecule has 0 saturated heterocycles. The molecule has 0 bridgehead atoms. The van der Waals surface area contributed by atoms with Crippen molar-refractivity contribution < 1.29 is 4.92 Å². The molecule has 2 aromatic rings. The van der Waals surface area contributed by atoms with E-state index in [0.29, 0.717) is 0 Å². The van der Waals surface area contributed by atoms with Gasteiger partial charge in [-0.1, -0.05) is 5.57 Å². The zero-order valence-corrected chi connectivity index (χ0v) is 10.2. The van der Waals surface area contributed by atoms with Crippen LogP contribution in [0.15, 0.2) is 42.1 Å². The third-order valence-corrected chi connectivity index (χ3v) is 2.37. The largest absolute Gasteiger partial charge is 0.269 e. The molecule has 0 aliphatic carbocycles. The van der Waals surface area contributed by atoms with Crippen molar-refractivity contribution in [3.8, 4) is 5.69 Å². The van der Waals surface area contributed by atoms with Crippen molar-refractivity contribution in [3.63, 3.8) is 0 Å². The van der Waals surface area contributed by atoms with E-state index in [4.69, 9.17) is 0 Å². The van der Waals surface area contributed by atoms with Crippen molar-refractivity contribution >= 4 is 11.8 Å². The van der Waals surface area contributed by atoms with E-state index >= 15 is 0 Å². The predicted molar refractivity (Wildman–Crippen MR) is 69.5 cm³/mol. The number of hydrogen-bond donors (Lipinski definition) is 0. The first-order valence-electron chi connectivity index (χ1n) is 5.51. The molecule has 92 valence electrons. The van der Waals surface area contributed by atoms with Gasteiger partial charge in [-0.05, 0) is 38.1 Å². The SMILES string of the molecule is CC(C)=Cc1ccn(-c2ccc([N+](=O)[O-])cc2)n1. The maximum absolute atomic E-state index is 10.5. The zero-order chi connectivity index (χ0) is 13.1. The highest BCUT2D eigenvalue weighted by Gasteiger charge is 2.05. The molecule has 1 heterocycles. The molecule has 5 heteroatoms. The van der Waals surface area contributed by atoms with Crippen LogP contribution in [0.2, 0.25) is 0 Å². The molecule has 0 unspecified atom stereocenters. The third-order valence-electron chi connectivity index (χ3n) is 2.37. The summed E-state index contributed by atoms with van der Waals surface area (Å²) in [6.45, 7) is 4.01. The highest BCUT2D eigenvalue weighted by atomic mass is 16.6. The number of aromatic nitrogens is 2. The Balaban J connectivity index is 2.29. The molecule has 1 aromatic heterocycles. The van der Waals surface area contributed by atoms with E-state index in [-0.39, 0.29) is 5.69 Å². The molecule has 2 rings (SSSR count). The van der Waals surface area contributed by atoms with Crippen LogP contribution in [0, 0.1) is 10.1 Å². The van der Waals surface area contributed by atoms with Gasteiger partial charge in [-0.3, -0.25) is 10.1 Å². The summed E-state index contributed by atoms with van der Waals surface area (Å²) in [5.74, 6) is 0. The van der Waals surface area contributed by atoms with Crippen LogP contribution in [0.4, 0.5) is 5.69 Å². The molecule has 5 nitrogen and oxygen atoms in total. The minimum atomic E-state index is -0.415. The highest BCUT2D eigenvalue weighted by Crippen LogP contribution is 2.15. The lowest BCUT2D eigenvalue weighted by atomic mass is 10.3. The Morgan fingerprint density at radius 2 is 1.94 bits per heavy atom. The smallest absolute Gasteiger partial charge is 0.258 e. The fourth-order valence-electron chi connectivity index (χ4n) is 1.58. The van der Waals surface area contributed by atoms with E-state index in [0.717, 1.165) is 11.4 Å². The molecule has 0 aliphatic heterocycles. The Kier molecular flexibility index (Phi) is 3.23. The van der Waals surface area contributed by atoms with Gasteiger partial charge in [0.15, 0.2) is 0 Å². The summed E-state index contributed by atoms with van der Waals surface area (Å²) in [5, 5.41) is 14.9. The van der Waals surface area contributed by atoms with Gasteiger partial charge in [0.05, 0.1) is 16.3 Å². The number of benzene rings is 1. The van der Waals surface area contributed by atoms with Crippen LogP contribution in [-0.4, -0.2) is 14.7 Å². The second kappa shape index (κ2) is 4.83. The van der Waals surface area contributed by atoms with Gasteiger partial charge in [-0.25, -0.2) is 4.68 Å². The number of nitro groups is 1. The first kappa shape index (κ1) is 12.0. The summed E-state index contributed by atoms with van der Waals surface area (Å²) < 4.78 is 1.69. The summed E-state index contributed by atoms with van der Waals surface area (Å²) in [6, 6.07) is 8.19. The van der Waals surface area contributed by atoms with E-state index in [1.54, 1.807) is 16.8 Å². The van der Waals surface area contributed by atoms with Gasteiger partial charge in [-0.15, -0.1) is 0 Å². The summed E-state index contributed by atoms with van der Waals surface area (Å²) in [7, 11) is 0. The van der Waals surface area contributed by atoms with Crippen molar-refractivity contribution in [2.75, 3.05) is 0 Å². The summed E-state index contributed by atoms with van der Waals surface area (Å²) >= 11 is 0. The first-order chi connectivity index (χ1) is 8.56. The van der Waals surface area contributed by atoms with Crippen LogP contribution in [0.5, 0.6) is 0 Å². The number of non-ortho nitro benzene ring substituents is 1. The van der Waals surface area contributed by atoms with E-state index in [1.165, 1.54) is 17.7 Å². The van der Waals surface area contributed by atoms with E-state index in [9.17, 15) is 10.1 Å². The normalized spacial score (nSPS) is 10.1. The van der Waals surface area contributed by atoms with Gasteiger partial charge in [0.1, 0.15) is 0 Å². The van der Waals surface area contributed by atoms with Gasteiger partial charge < -0.3 is 0 Å². The lowest BCUT2D eigenvalue weighted by Crippen LogP contribution is -1.95. The fraction of sp³-hybridized carbons (Fsp3) is 0.154. The second-order valence-electron chi connectivity index (χ2n) is 4.18. The first-order valence-corrected chi connectivity index (χ1v) is 5.51. The van der Waals surface area contributed by atoms with Gasteiger partial charge >= 0.3 is 0 Å². The van der Waals surface area contributed by atoms with Gasteiger partial charge in [-0.2, -0.15) is 5.10 Å². The van der Waals surface area contributed by atoms with E-state index < -0.39 is 4.92 Å². The molecule has 0 fully saturated rings. The summed E-state index contributed by atoms with van der Waals surface area (Å²) in [6.07, 6.45) is 3.80. The quantitative estimate of drug-likeness (QED) is 0.614. The highest BCUT2D eigenvalue weighted by molar-refractivity contribution is 5.48. The molecule has 0 N–H and O–H groups in total. The molecular weight excluding hydrogens is 230 g/mol. The molecule has 0 saturated carbocycles. The fourth-order valence-corrected chi connectivity index (χ4v) is 1.58. The predicted octanol–water partition coefficient (Wildman–Crippen LogP) is 3.20. The van der Waals surface area contributed by atoms with Crippen molar-refractivity contribution in [2.24, 2.45) is 0 Å². The van der Waals surface area contributed by atoms with Crippen LogP contribution in [0.1, 0.15) is 19.5 Å². The van der Waals surface area contributed by atoms with Crippen molar-refractivity contribution in [3.05, 3.63) is 57.9 Å². The lowest BCUT2D eigenvalue weighted by molar-refractivity contribution is -0.384.